The van der Waals surface area contributed by atoms with E-state index in [4.69, 9.17) is 5.73 Å². The van der Waals surface area contributed by atoms with Gasteiger partial charge in [0.15, 0.2) is 0 Å². The highest BCUT2D eigenvalue weighted by atomic mass is 16.2. The second-order valence-electron chi connectivity index (χ2n) is 5.24. The minimum Gasteiger partial charge on any atom is -0.403 e. The van der Waals surface area contributed by atoms with Crippen molar-refractivity contribution < 1.29 is 4.79 Å². The Morgan fingerprint density at radius 1 is 1.35 bits per heavy atom. The standard InChI is InChI=1S/C13H27N3O/c1-5-9-16(11-7-14)10-6-8-15-12(17)13(2,3)4/h7,11H,5-6,8-10,14H2,1-4H3,(H,15,17)/b11-7-. The molecule has 0 aromatic heterocycles. The van der Waals surface area contributed by atoms with Crippen molar-refractivity contribution in [3.63, 3.8) is 0 Å². The first kappa shape index (κ1) is 15.8. The van der Waals surface area contributed by atoms with Crippen LogP contribution < -0.4 is 11.1 Å². The second kappa shape index (κ2) is 7.98. The van der Waals surface area contributed by atoms with Crippen LogP contribution in [0.5, 0.6) is 0 Å². The van der Waals surface area contributed by atoms with Crippen molar-refractivity contribution in [3.8, 4) is 0 Å². The summed E-state index contributed by atoms with van der Waals surface area (Å²) < 4.78 is 0. The van der Waals surface area contributed by atoms with E-state index in [0.717, 1.165) is 25.9 Å². The molecule has 0 aromatic carbocycles. The van der Waals surface area contributed by atoms with Crippen molar-refractivity contribution in [1.29, 1.82) is 0 Å². The van der Waals surface area contributed by atoms with Gasteiger partial charge in [0.1, 0.15) is 0 Å². The third kappa shape index (κ3) is 7.66. The number of rotatable bonds is 7. The van der Waals surface area contributed by atoms with Gasteiger partial charge in [-0.05, 0) is 12.8 Å². The smallest absolute Gasteiger partial charge is 0.225 e. The molecule has 0 aromatic rings. The molecule has 0 atom stereocenters. The van der Waals surface area contributed by atoms with Crippen molar-refractivity contribution in [2.75, 3.05) is 19.6 Å². The fourth-order valence-electron chi connectivity index (χ4n) is 1.42. The third-order valence-electron chi connectivity index (χ3n) is 2.40. The molecule has 3 N–H and O–H groups in total. The monoisotopic (exact) mass is 241 g/mol. The molecule has 0 saturated carbocycles. The van der Waals surface area contributed by atoms with Crippen LogP contribution in [0.3, 0.4) is 0 Å². The van der Waals surface area contributed by atoms with E-state index >= 15 is 0 Å². The molecule has 0 saturated heterocycles. The van der Waals surface area contributed by atoms with E-state index in [1.54, 1.807) is 6.20 Å². The minimum absolute atomic E-state index is 0.105. The Morgan fingerprint density at radius 3 is 2.47 bits per heavy atom. The fourth-order valence-corrected chi connectivity index (χ4v) is 1.42. The van der Waals surface area contributed by atoms with Crippen LogP contribution in [0, 0.1) is 5.41 Å². The predicted octanol–water partition coefficient (Wildman–Crippen LogP) is 1.68. The molecule has 0 aliphatic carbocycles. The van der Waals surface area contributed by atoms with Crippen molar-refractivity contribution >= 4 is 5.91 Å². The molecule has 0 aliphatic heterocycles. The Balaban J connectivity index is 3.79. The molecule has 0 unspecified atom stereocenters. The highest BCUT2D eigenvalue weighted by Gasteiger charge is 2.20. The van der Waals surface area contributed by atoms with Crippen molar-refractivity contribution in [2.45, 2.75) is 40.5 Å². The second-order valence-corrected chi connectivity index (χ2v) is 5.24. The summed E-state index contributed by atoms with van der Waals surface area (Å²) in [4.78, 5) is 13.8. The molecule has 0 rings (SSSR count). The topological polar surface area (TPSA) is 58.4 Å². The van der Waals surface area contributed by atoms with Crippen molar-refractivity contribution in [2.24, 2.45) is 11.1 Å². The number of nitrogens with two attached hydrogens (primary N) is 1. The van der Waals surface area contributed by atoms with Crippen LogP contribution in [0.15, 0.2) is 12.4 Å². The summed E-state index contributed by atoms with van der Waals surface area (Å²) in [6.45, 7) is 10.5. The zero-order chi connectivity index (χ0) is 13.3. The zero-order valence-electron chi connectivity index (χ0n) is 11.6. The van der Waals surface area contributed by atoms with Gasteiger partial charge in [-0.2, -0.15) is 0 Å². The number of carbonyl (C=O) groups is 1. The van der Waals surface area contributed by atoms with E-state index in [-0.39, 0.29) is 11.3 Å². The van der Waals surface area contributed by atoms with E-state index in [2.05, 4.69) is 17.1 Å². The molecule has 0 aliphatic rings. The summed E-state index contributed by atoms with van der Waals surface area (Å²) in [6.07, 6.45) is 5.49. The number of nitrogens with zero attached hydrogens (tertiary/aromatic N) is 1. The lowest BCUT2D eigenvalue weighted by Gasteiger charge is -2.21. The number of amides is 1. The van der Waals surface area contributed by atoms with Gasteiger partial charge in [-0.1, -0.05) is 27.7 Å². The fraction of sp³-hybridized carbons (Fsp3) is 0.769. The number of hydrogen-bond acceptors (Lipinski definition) is 3. The molecule has 17 heavy (non-hydrogen) atoms. The average molecular weight is 241 g/mol. The predicted molar refractivity (Wildman–Crippen MR) is 72.3 cm³/mol. The Labute approximate surface area is 105 Å². The van der Waals surface area contributed by atoms with Crippen LogP contribution in [0.2, 0.25) is 0 Å². The molecule has 0 heterocycles. The van der Waals surface area contributed by atoms with E-state index in [0.29, 0.717) is 6.54 Å². The van der Waals surface area contributed by atoms with Crippen LogP contribution in [0.25, 0.3) is 0 Å². The van der Waals surface area contributed by atoms with E-state index in [9.17, 15) is 4.79 Å². The van der Waals surface area contributed by atoms with Gasteiger partial charge in [0.05, 0.1) is 0 Å². The SMILES string of the molecule is CCCN(/C=C\N)CCCNC(=O)C(C)(C)C. The van der Waals surface area contributed by atoms with Gasteiger partial charge in [0, 0.05) is 37.4 Å². The molecule has 100 valence electrons. The Morgan fingerprint density at radius 2 is 2.00 bits per heavy atom. The van der Waals surface area contributed by atoms with Crippen molar-refractivity contribution in [1.82, 2.24) is 10.2 Å². The summed E-state index contributed by atoms with van der Waals surface area (Å²) in [5.74, 6) is 0.105. The summed E-state index contributed by atoms with van der Waals surface area (Å²) in [5.41, 5.74) is 5.07. The van der Waals surface area contributed by atoms with E-state index < -0.39 is 0 Å². The first-order valence-electron chi connectivity index (χ1n) is 6.32. The maximum Gasteiger partial charge on any atom is 0.225 e. The van der Waals surface area contributed by atoms with Gasteiger partial charge in [-0.25, -0.2) is 0 Å². The van der Waals surface area contributed by atoms with Gasteiger partial charge in [0.2, 0.25) is 5.91 Å². The Hall–Kier alpha value is -1.19. The largest absolute Gasteiger partial charge is 0.403 e. The molecule has 1 amide bonds. The zero-order valence-corrected chi connectivity index (χ0v) is 11.6. The number of carbonyl (C=O) groups excluding carboxylic acids is 1. The molecule has 0 fully saturated rings. The lowest BCUT2D eigenvalue weighted by Crippen LogP contribution is -2.36. The normalized spacial score (nSPS) is 11.8. The summed E-state index contributed by atoms with van der Waals surface area (Å²) in [5, 5.41) is 2.94. The quantitative estimate of drug-likeness (QED) is 0.667. The van der Waals surface area contributed by atoms with Crippen LogP contribution in [0.1, 0.15) is 40.5 Å². The maximum absolute atomic E-state index is 11.6. The Bertz CT molecular complexity index is 244. The molecular weight excluding hydrogens is 214 g/mol. The summed E-state index contributed by atoms with van der Waals surface area (Å²) in [6, 6.07) is 0. The number of hydrogen-bond donors (Lipinski definition) is 2. The van der Waals surface area contributed by atoms with Gasteiger partial charge in [-0.3, -0.25) is 4.79 Å². The van der Waals surface area contributed by atoms with Crippen LogP contribution >= 0.6 is 0 Å². The Kier molecular flexibility index (Phi) is 7.42. The molecule has 0 spiro atoms. The first-order chi connectivity index (χ1) is 7.91. The van der Waals surface area contributed by atoms with E-state index in [1.165, 1.54) is 0 Å². The van der Waals surface area contributed by atoms with E-state index in [1.807, 2.05) is 27.0 Å². The molecule has 4 heteroatoms. The van der Waals surface area contributed by atoms with Crippen LogP contribution in [0.4, 0.5) is 0 Å². The minimum atomic E-state index is -0.305. The summed E-state index contributed by atoms with van der Waals surface area (Å²) in [7, 11) is 0. The van der Waals surface area contributed by atoms with Gasteiger partial charge in [-0.15, -0.1) is 0 Å². The molecule has 0 bridgehead atoms. The van der Waals surface area contributed by atoms with Crippen LogP contribution in [-0.4, -0.2) is 30.4 Å². The lowest BCUT2D eigenvalue weighted by atomic mass is 9.96. The van der Waals surface area contributed by atoms with Gasteiger partial charge in [0.25, 0.3) is 0 Å². The lowest BCUT2D eigenvalue weighted by molar-refractivity contribution is -0.128. The number of nitrogens with one attached hydrogen (secondary N) is 1. The summed E-state index contributed by atoms with van der Waals surface area (Å²) >= 11 is 0. The maximum atomic E-state index is 11.6. The average Bonchev–Trinajstić information content (AvgIpc) is 2.23. The van der Waals surface area contributed by atoms with Crippen molar-refractivity contribution in [3.05, 3.63) is 12.4 Å². The highest BCUT2D eigenvalue weighted by Crippen LogP contribution is 2.12. The van der Waals surface area contributed by atoms with Gasteiger partial charge >= 0.3 is 0 Å². The first-order valence-corrected chi connectivity index (χ1v) is 6.32. The molecular formula is C13H27N3O. The van der Waals surface area contributed by atoms with Crippen LogP contribution in [-0.2, 0) is 4.79 Å². The third-order valence-corrected chi connectivity index (χ3v) is 2.40. The van der Waals surface area contributed by atoms with Gasteiger partial charge < -0.3 is 16.0 Å². The highest BCUT2D eigenvalue weighted by molar-refractivity contribution is 5.81. The molecule has 0 radical (unpaired) electrons. The molecule has 4 nitrogen and oxygen atoms in total.